The van der Waals surface area contributed by atoms with Crippen molar-refractivity contribution in [2.75, 3.05) is 5.73 Å². The molecule has 0 aliphatic heterocycles. The molecule has 0 aliphatic rings. The van der Waals surface area contributed by atoms with Crippen molar-refractivity contribution < 1.29 is 9.47 Å². The molecular formula is C19H18N6O2. The zero-order valence-corrected chi connectivity index (χ0v) is 14.3. The average Bonchev–Trinajstić information content (AvgIpc) is 2.65. The average molecular weight is 362 g/mol. The molecule has 8 heteroatoms. The highest BCUT2D eigenvalue weighted by Crippen LogP contribution is 2.29. The molecule has 8 nitrogen and oxygen atoms in total. The molecule has 0 saturated heterocycles. The van der Waals surface area contributed by atoms with Gasteiger partial charge in [0, 0.05) is 17.2 Å². The summed E-state index contributed by atoms with van der Waals surface area (Å²) in [7, 11) is 0. The number of benzene rings is 2. The highest BCUT2D eigenvalue weighted by molar-refractivity contribution is 5.95. The Kier molecular flexibility index (Phi) is 4.89. The summed E-state index contributed by atoms with van der Waals surface area (Å²) in [5.41, 5.74) is 18.3. The minimum Gasteiger partial charge on any atom is -0.439 e. The van der Waals surface area contributed by atoms with E-state index in [4.69, 9.17) is 37.5 Å². The van der Waals surface area contributed by atoms with Crippen LogP contribution in [0, 0.1) is 10.8 Å². The van der Waals surface area contributed by atoms with Crippen LogP contribution >= 0.6 is 0 Å². The maximum Gasteiger partial charge on any atom is 0.246 e. The molecule has 3 rings (SSSR count). The van der Waals surface area contributed by atoms with Gasteiger partial charge in [-0.15, -0.1) is 0 Å². The highest BCUT2D eigenvalue weighted by Gasteiger charge is 2.09. The molecule has 0 saturated carbocycles. The lowest BCUT2D eigenvalue weighted by atomic mass is 10.2. The van der Waals surface area contributed by atoms with E-state index in [-0.39, 0.29) is 17.6 Å². The summed E-state index contributed by atoms with van der Waals surface area (Å²) in [5.74, 6) is 1.50. The number of hydrogen-bond acceptors (Lipinski definition) is 6. The van der Waals surface area contributed by atoms with E-state index >= 15 is 0 Å². The number of nitrogen functional groups attached to an aromatic ring is 3. The third-order valence-electron chi connectivity index (χ3n) is 3.63. The van der Waals surface area contributed by atoms with Gasteiger partial charge in [-0.25, -0.2) is 0 Å². The lowest BCUT2D eigenvalue weighted by Crippen LogP contribution is -2.10. The lowest BCUT2D eigenvalue weighted by Gasteiger charge is -2.11. The van der Waals surface area contributed by atoms with Crippen molar-refractivity contribution in [1.29, 1.82) is 10.8 Å². The van der Waals surface area contributed by atoms with Gasteiger partial charge in [-0.3, -0.25) is 10.8 Å². The van der Waals surface area contributed by atoms with Gasteiger partial charge in [0.1, 0.15) is 23.2 Å². The number of rotatable bonds is 6. The Balaban J connectivity index is 1.77. The Bertz CT molecular complexity index is 984. The minimum atomic E-state index is -0.0228. The number of amidine groups is 2. The summed E-state index contributed by atoms with van der Waals surface area (Å²) >= 11 is 0. The van der Waals surface area contributed by atoms with Gasteiger partial charge in [0.15, 0.2) is 0 Å². The van der Waals surface area contributed by atoms with Crippen LogP contribution < -0.4 is 26.7 Å². The van der Waals surface area contributed by atoms with Crippen molar-refractivity contribution in [2.24, 2.45) is 11.5 Å². The molecule has 2 aromatic carbocycles. The van der Waals surface area contributed by atoms with Crippen LogP contribution in [0.5, 0.6) is 23.3 Å². The molecule has 0 aliphatic carbocycles. The molecule has 0 fully saturated rings. The van der Waals surface area contributed by atoms with Crippen molar-refractivity contribution in [3.63, 3.8) is 0 Å². The van der Waals surface area contributed by atoms with Crippen LogP contribution in [-0.4, -0.2) is 16.7 Å². The van der Waals surface area contributed by atoms with Crippen LogP contribution in [0.1, 0.15) is 11.1 Å². The predicted molar refractivity (Wildman–Crippen MR) is 104 cm³/mol. The summed E-state index contributed by atoms with van der Waals surface area (Å²) in [6.45, 7) is 0. The van der Waals surface area contributed by atoms with Crippen LogP contribution in [0.25, 0.3) is 0 Å². The number of hydrogen-bond donors (Lipinski definition) is 5. The molecule has 27 heavy (non-hydrogen) atoms. The van der Waals surface area contributed by atoms with Gasteiger partial charge in [-0.05, 0) is 54.6 Å². The van der Waals surface area contributed by atoms with E-state index in [1.165, 1.54) is 0 Å². The zero-order chi connectivity index (χ0) is 19.4. The normalized spacial score (nSPS) is 10.2. The highest BCUT2D eigenvalue weighted by atomic mass is 16.5. The second-order valence-electron chi connectivity index (χ2n) is 5.62. The number of pyridine rings is 1. The summed E-state index contributed by atoms with van der Waals surface area (Å²) in [6.07, 6.45) is 0. The largest absolute Gasteiger partial charge is 0.439 e. The van der Waals surface area contributed by atoms with Crippen molar-refractivity contribution in [2.45, 2.75) is 0 Å². The Morgan fingerprint density at radius 1 is 0.704 bits per heavy atom. The van der Waals surface area contributed by atoms with Crippen LogP contribution in [0.2, 0.25) is 0 Å². The fourth-order valence-corrected chi connectivity index (χ4v) is 2.21. The van der Waals surface area contributed by atoms with E-state index in [1.54, 1.807) is 60.7 Å². The van der Waals surface area contributed by atoms with E-state index < -0.39 is 0 Å². The summed E-state index contributed by atoms with van der Waals surface area (Å²) in [6, 6.07) is 16.7. The summed E-state index contributed by atoms with van der Waals surface area (Å²) in [5, 5.41) is 14.8. The zero-order valence-electron chi connectivity index (χ0n) is 14.3. The van der Waals surface area contributed by atoms with Crippen LogP contribution in [-0.2, 0) is 0 Å². The Labute approximate surface area is 155 Å². The first-order valence-electron chi connectivity index (χ1n) is 7.93. The molecule has 8 N–H and O–H groups in total. The number of nitrogens with one attached hydrogen (secondary N) is 2. The third kappa shape index (κ3) is 4.31. The molecule has 0 unspecified atom stereocenters. The summed E-state index contributed by atoms with van der Waals surface area (Å²) < 4.78 is 11.4. The van der Waals surface area contributed by atoms with Crippen LogP contribution in [0.3, 0.4) is 0 Å². The van der Waals surface area contributed by atoms with Gasteiger partial charge in [0.2, 0.25) is 11.8 Å². The van der Waals surface area contributed by atoms with E-state index in [2.05, 4.69) is 4.98 Å². The first kappa shape index (κ1) is 17.7. The predicted octanol–water partition coefficient (Wildman–Crippen LogP) is 2.82. The van der Waals surface area contributed by atoms with E-state index in [9.17, 15) is 0 Å². The second-order valence-corrected chi connectivity index (χ2v) is 5.62. The van der Waals surface area contributed by atoms with E-state index in [0.717, 1.165) is 0 Å². The number of anilines is 1. The Morgan fingerprint density at radius 3 is 1.67 bits per heavy atom. The Morgan fingerprint density at radius 2 is 1.19 bits per heavy atom. The fraction of sp³-hybridized carbons (Fsp3) is 0. The maximum atomic E-state index is 7.40. The minimum absolute atomic E-state index is 0.0152. The number of nitrogens with two attached hydrogens (primary N) is 3. The fourth-order valence-electron chi connectivity index (χ4n) is 2.21. The van der Waals surface area contributed by atoms with Gasteiger partial charge in [0.25, 0.3) is 0 Å². The number of aromatic nitrogens is 1. The number of nitrogens with zero attached hydrogens (tertiary/aromatic N) is 1. The van der Waals surface area contributed by atoms with Gasteiger partial charge in [-0.2, -0.15) is 4.98 Å². The third-order valence-corrected chi connectivity index (χ3v) is 3.63. The topological polar surface area (TPSA) is 157 Å². The van der Waals surface area contributed by atoms with E-state index in [0.29, 0.717) is 34.2 Å². The molecule has 1 heterocycles. The smallest absolute Gasteiger partial charge is 0.246 e. The molecule has 1 aromatic heterocycles. The molecule has 0 radical (unpaired) electrons. The molecule has 0 amide bonds. The van der Waals surface area contributed by atoms with Crippen molar-refractivity contribution >= 4 is 17.4 Å². The molecule has 3 aromatic rings. The van der Waals surface area contributed by atoms with Gasteiger partial charge < -0.3 is 26.7 Å². The quantitative estimate of drug-likeness (QED) is 0.335. The molecule has 136 valence electrons. The van der Waals surface area contributed by atoms with Gasteiger partial charge in [-0.1, -0.05) is 0 Å². The maximum absolute atomic E-state index is 7.40. The van der Waals surface area contributed by atoms with Crippen molar-refractivity contribution in [3.05, 3.63) is 71.8 Å². The van der Waals surface area contributed by atoms with E-state index in [1.807, 2.05) is 0 Å². The summed E-state index contributed by atoms with van der Waals surface area (Å²) in [4.78, 5) is 4.27. The Hall–Kier alpha value is -4.07. The molecular weight excluding hydrogens is 344 g/mol. The second kappa shape index (κ2) is 7.44. The van der Waals surface area contributed by atoms with Crippen LogP contribution in [0.15, 0.2) is 60.7 Å². The monoisotopic (exact) mass is 362 g/mol. The molecule has 0 bridgehead atoms. The van der Waals surface area contributed by atoms with Crippen LogP contribution in [0.4, 0.5) is 5.69 Å². The van der Waals surface area contributed by atoms with Crippen molar-refractivity contribution in [3.8, 4) is 23.3 Å². The standard InChI is InChI=1S/C19H18N6O2/c20-15-9-10-16(26-13-5-1-11(2-6-13)17(21)22)25-19(15)27-14-7-3-12(4-8-14)18(23)24/h1-10H,20H2,(H3,21,22)(H3,23,24). The van der Waals surface area contributed by atoms with Crippen molar-refractivity contribution in [1.82, 2.24) is 4.98 Å². The number of ether oxygens (including phenoxy) is 2. The first-order valence-corrected chi connectivity index (χ1v) is 7.93. The SMILES string of the molecule is N=C(N)c1ccc(Oc2ccc(N)c(Oc3ccc(C(=N)N)cc3)n2)cc1. The van der Waals surface area contributed by atoms with Gasteiger partial charge >= 0.3 is 0 Å². The lowest BCUT2D eigenvalue weighted by molar-refractivity contribution is 0.428. The van der Waals surface area contributed by atoms with Gasteiger partial charge in [0.05, 0.1) is 5.69 Å². The first-order chi connectivity index (χ1) is 12.9. The molecule has 0 atom stereocenters. The molecule has 0 spiro atoms.